The number of likely N-dealkylation sites (tertiary alicyclic amines) is 1. The normalized spacial score (nSPS) is 35.1. The molecule has 2 saturated heterocycles. The zero-order valence-corrected chi connectivity index (χ0v) is 11.4. The van der Waals surface area contributed by atoms with Gasteiger partial charge in [0.15, 0.2) is 0 Å². The minimum atomic E-state index is -1.25. The molecule has 0 aromatic carbocycles. The van der Waals surface area contributed by atoms with Crippen LogP contribution in [0.1, 0.15) is 12.8 Å². The Kier molecular flexibility index (Phi) is 3.44. The average Bonchev–Trinajstić information content (AvgIpc) is 3.07. The molecule has 2 amide bonds. The summed E-state index contributed by atoms with van der Waals surface area (Å²) in [6, 6.07) is 0. The van der Waals surface area contributed by atoms with Crippen LogP contribution < -0.4 is 10.8 Å². The lowest BCUT2D eigenvalue weighted by Crippen LogP contribution is -2.50. The third kappa shape index (κ3) is 2.31. The van der Waals surface area contributed by atoms with Gasteiger partial charge >= 0.3 is 0 Å². The molecule has 0 saturated carbocycles. The summed E-state index contributed by atoms with van der Waals surface area (Å²) >= 11 is 0. The highest BCUT2D eigenvalue weighted by molar-refractivity contribution is 5.87. The SMILES string of the molecule is NC(=O)C1CCN(C(=O)[C@@H]2[C@@H](C(=O)[O-])[C@@H]3C=C[C@H]2O3)CC1. The third-order valence-corrected chi connectivity index (χ3v) is 4.67. The lowest BCUT2D eigenvalue weighted by Gasteiger charge is -2.35. The van der Waals surface area contributed by atoms with Crippen LogP contribution in [0.3, 0.4) is 0 Å². The van der Waals surface area contributed by atoms with Gasteiger partial charge in [-0.2, -0.15) is 0 Å². The molecule has 0 spiro atoms. The van der Waals surface area contributed by atoms with Gasteiger partial charge in [-0.1, -0.05) is 12.2 Å². The number of fused-ring (bicyclic) bond motifs is 2. The Morgan fingerprint density at radius 2 is 1.67 bits per heavy atom. The summed E-state index contributed by atoms with van der Waals surface area (Å²) in [5.74, 6) is -3.69. The molecule has 21 heavy (non-hydrogen) atoms. The van der Waals surface area contributed by atoms with Crippen molar-refractivity contribution in [2.24, 2.45) is 23.5 Å². The van der Waals surface area contributed by atoms with Crippen molar-refractivity contribution >= 4 is 17.8 Å². The smallest absolute Gasteiger partial charge is 0.229 e. The standard InChI is InChI=1S/C14H18N2O5/c15-12(17)7-3-5-16(6-4-7)13(18)10-8-1-2-9(21-8)11(10)14(19)20/h1-2,7-11H,3-6H2,(H2,15,17)(H,19,20)/p-1/t8-,9+,10+,11+/m1/s1. The lowest BCUT2D eigenvalue weighted by molar-refractivity contribution is -0.313. The van der Waals surface area contributed by atoms with E-state index in [0.717, 1.165) is 0 Å². The summed E-state index contributed by atoms with van der Waals surface area (Å²) < 4.78 is 5.48. The van der Waals surface area contributed by atoms with Crippen LogP contribution in [0.25, 0.3) is 0 Å². The largest absolute Gasteiger partial charge is 0.550 e. The van der Waals surface area contributed by atoms with E-state index in [-0.39, 0.29) is 17.7 Å². The number of amides is 2. The molecule has 0 radical (unpaired) electrons. The Morgan fingerprint density at radius 1 is 1.10 bits per heavy atom. The van der Waals surface area contributed by atoms with Crippen molar-refractivity contribution in [2.75, 3.05) is 13.1 Å². The van der Waals surface area contributed by atoms with Crippen molar-refractivity contribution in [3.05, 3.63) is 12.2 Å². The molecule has 0 aromatic rings. The fourth-order valence-electron chi connectivity index (χ4n) is 3.48. The molecule has 3 heterocycles. The number of carboxylic acid groups (broad SMARTS) is 1. The minimum absolute atomic E-state index is 0.206. The number of carbonyl (C=O) groups excluding carboxylic acids is 3. The molecule has 114 valence electrons. The molecule has 0 unspecified atom stereocenters. The van der Waals surface area contributed by atoms with Crippen LogP contribution in [0.2, 0.25) is 0 Å². The highest BCUT2D eigenvalue weighted by Gasteiger charge is 2.51. The van der Waals surface area contributed by atoms with Gasteiger partial charge in [0.1, 0.15) is 0 Å². The van der Waals surface area contributed by atoms with Crippen molar-refractivity contribution in [2.45, 2.75) is 25.0 Å². The fraction of sp³-hybridized carbons (Fsp3) is 0.643. The summed E-state index contributed by atoms with van der Waals surface area (Å²) in [6.45, 7) is 0.841. The predicted octanol–water partition coefficient (Wildman–Crippen LogP) is -1.97. The van der Waals surface area contributed by atoms with Gasteiger partial charge in [-0.05, 0) is 12.8 Å². The van der Waals surface area contributed by atoms with E-state index in [0.29, 0.717) is 25.9 Å². The van der Waals surface area contributed by atoms with E-state index < -0.39 is 30.0 Å². The zero-order valence-electron chi connectivity index (χ0n) is 11.4. The number of carbonyl (C=O) groups is 3. The summed E-state index contributed by atoms with van der Waals surface area (Å²) in [4.78, 5) is 36.6. The van der Waals surface area contributed by atoms with Gasteiger partial charge in [-0.25, -0.2) is 0 Å². The first-order chi connectivity index (χ1) is 9.99. The number of nitrogens with two attached hydrogens (primary N) is 1. The maximum atomic E-state index is 12.6. The van der Waals surface area contributed by atoms with Crippen molar-refractivity contribution < 1.29 is 24.2 Å². The highest BCUT2D eigenvalue weighted by atomic mass is 16.5. The maximum Gasteiger partial charge on any atom is 0.229 e. The Morgan fingerprint density at radius 3 is 2.19 bits per heavy atom. The Labute approximate surface area is 121 Å². The molecule has 3 aliphatic rings. The molecular formula is C14H17N2O5-. The summed E-state index contributed by atoms with van der Waals surface area (Å²) in [5, 5.41) is 11.3. The third-order valence-electron chi connectivity index (χ3n) is 4.67. The summed E-state index contributed by atoms with van der Waals surface area (Å²) in [7, 11) is 0. The van der Waals surface area contributed by atoms with Gasteiger partial charge in [0.25, 0.3) is 0 Å². The van der Waals surface area contributed by atoms with Gasteiger partial charge in [0, 0.05) is 30.9 Å². The maximum absolute atomic E-state index is 12.6. The lowest BCUT2D eigenvalue weighted by atomic mass is 9.81. The second-order valence-corrected chi connectivity index (χ2v) is 5.82. The molecule has 7 heteroatoms. The molecule has 0 aromatic heterocycles. The number of ether oxygens (including phenoxy) is 1. The Hall–Kier alpha value is -1.89. The van der Waals surface area contributed by atoms with Crippen LogP contribution in [0.5, 0.6) is 0 Å². The van der Waals surface area contributed by atoms with E-state index in [2.05, 4.69) is 0 Å². The number of nitrogens with zero attached hydrogens (tertiary/aromatic N) is 1. The van der Waals surface area contributed by atoms with Crippen LogP contribution in [-0.2, 0) is 19.1 Å². The second-order valence-electron chi connectivity index (χ2n) is 5.82. The molecule has 2 N–H and O–H groups in total. The average molecular weight is 293 g/mol. The monoisotopic (exact) mass is 293 g/mol. The molecule has 2 fully saturated rings. The first kappa shape index (κ1) is 14.1. The molecule has 3 rings (SSSR count). The first-order valence-electron chi connectivity index (χ1n) is 7.12. The van der Waals surface area contributed by atoms with Gasteiger partial charge < -0.3 is 25.3 Å². The van der Waals surface area contributed by atoms with E-state index in [4.69, 9.17) is 10.5 Å². The number of rotatable bonds is 3. The second kappa shape index (κ2) is 5.14. The van der Waals surface area contributed by atoms with Gasteiger partial charge in [0.05, 0.1) is 18.1 Å². The fourth-order valence-corrected chi connectivity index (χ4v) is 3.48. The van der Waals surface area contributed by atoms with Crippen LogP contribution in [-0.4, -0.2) is 48.0 Å². The number of hydrogen-bond acceptors (Lipinski definition) is 5. The summed E-state index contributed by atoms with van der Waals surface area (Å²) in [5.41, 5.74) is 5.26. The molecule has 0 aliphatic carbocycles. The number of aliphatic carboxylic acids is 1. The Bertz CT molecular complexity index is 509. The highest BCUT2D eigenvalue weighted by Crippen LogP contribution is 2.40. The van der Waals surface area contributed by atoms with E-state index in [1.807, 2.05) is 0 Å². The predicted molar refractivity (Wildman–Crippen MR) is 68.3 cm³/mol. The quantitative estimate of drug-likeness (QED) is 0.606. The Balaban J connectivity index is 1.70. The minimum Gasteiger partial charge on any atom is -0.550 e. The molecular weight excluding hydrogens is 276 g/mol. The van der Waals surface area contributed by atoms with Crippen molar-refractivity contribution in [1.82, 2.24) is 4.90 Å². The molecule has 3 aliphatic heterocycles. The summed E-state index contributed by atoms with van der Waals surface area (Å²) in [6.07, 6.45) is 3.40. The van der Waals surface area contributed by atoms with Crippen LogP contribution in [0.4, 0.5) is 0 Å². The number of carboxylic acids is 1. The number of primary amides is 1. The van der Waals surface area contributed by atoms with E-state index in [1.54, 1.807) is 17.1 Å². The van der Waals surface area contributed by atoms with Crippen molar-refractivity contribution in [3.63, 3.8) is 0 Å². The van der Waals surface area contributed by atoms with E-state index in [9.17, 15) is 19.5 Å². The van der Waals surface area contributed by atoms with Crippen LogP contribution in [0, 0.1) is 17.8 Å². The van der Waals surface area contributed by atoms with Crippen molar-refractivity contribution in [3.8, 4) is 0 Å². The number of hydrogen-bond donors (Lipinski definition) is 1. The molecule has 4 atom stereocenters. The van der Waals surface area contributed by atoms with Gasteiger partial charge in [-0.3, -0.25) is 9.59 Å². The van der Waals surface area contributed by atoms with Gasteiger partial charge in [0.2, 0.25) is 11.8 Å². The van der Waals surface area contributed by atoms with E-state index in [1.165, 1.54) is 0 Å². The molecule has 7 nitrogen and oxygen atoms in total. The topological polar surface area (TPSA) is 113 Å². The molecule has 2 bridgehead atoms. The van der Waals surface area contributed by atoms with Crippen molar-refractivity contribution in [1.29, 1.82) is 0 Å². The number of piperidine rings is 1. The van der Waals surface area contributed by atoms with Crippen LogP contribution in [0.15, 0.2) is 12.2 Å². The van der Waals surface area contributed by atoms with Crippen LogP contribution >= 0.6 is 0 Å². The van der Waals surface area contributed by atoms with Gasteiger partial charge in [-0.15, -0.1) is 0 Å². The van der Waals surface area contributed by atoms with E-state index >= 15 is 0 Å². The first-order valence-corrected chi connectivity index (χ1v) is 7.12. The zero-order chi connectivity index (χ0) is 15.1.